The monoisotopic (exact) mass is 404 g/mol. The predicted molar refractivity (Wildman–Crippen MR) is 99.4 cm³/mol. The van der Waals surface area contributed by atoms with Crippen molar-refractivity contribution in [1.29, 1.82) is 0 Å². The fourth-order valence-electron chi connectivity index (χ4n) is 2.31. The number of carbonyl (C=O) groups excluding carboxylic acids is 1. The minimum absolute atomic E-state index is 0.266. The maximum absolute atomic E-state index is 12.3. The quantitative estimate of drug-likeness (QED) is 0.669. The smallest absolute Gasteiger partial charge is 0.348 e. The average molecular weight is 405 g/mol. The molecule has 1 N–H and O–H groups in total. The molecule has 0 spiro atoms. The van der Waals surface area contributed by atoms with Gasteiger partial charge in [0.15, 0.2) is 0 Å². The Bertz CT molecular complexity index is 1020. The normalized spacial score (nSPS) is 11.3. The van der Waals surface area contributed by atoms with Gasteiger partial charge in [0.1, 0.15) is 15.5 Å². The molecule has 122 valence electrons. The topological polar surface area (TPSA) is 72.0 Å². The van der Waals surface area contributed by atoms with E-state index in [2.05, 4.69) is 25.9 Å². The number of aryl methyl sites for hydroxylation is 1. The minimum atomic E-state index is -0.457. The molecule has 0 fully saturated rings. The summed E-state index contributed by atoms with van der Waals surface area (Å²) >= 11 is 4.58. The van der Waals surface area contributed by atoms with Crippen molar-refractivity contribution in [2.45, 2.75) is 6.92 Å². The number of nitrogens with zero attached hydrogens (tertiary/aromatic N) is 1. The van der Waals surface area contributed by atoms with E-state index in [9.17, 15) is 9.59 Å². The van der Waals surface area contributed by atoms with Crippen molar-refractivity contribution in [2.24, 2.45) is 0 Å². The van der Waals surface area contributed by atoms with Crippen molar-refractivity contribution in [3.05, 3.63) is 60.9 Å². The fourth-order valence-corrected chi connectivity index (χ4v) is 3.84. The largest absolute Gasteiger partial charge is 0.465 e. The molecular weight excluding hydrogens is 392 g/mol. The summed E-state index contributed by atoms with van der Waals surface area (Å²) in [5.41, 5.74) is 1.31. The highest BCUT2D eigenvalue weighted by Gasteiger charge is 2.19. The van der Waals surface area contributed by atoms with Gasteiger partial charge in [-0.3, -0.25) is 4.79 Å². The summed E-state index contributed by atoms with van der Waals surface area (Å²) in [6.45, 7) is 1.72. The molecule has 0 radical (unpaired) electrons. The second-order valence-corrected chi connectivity index (χ2v) is 6.98. The third-order valence-electron chi connectivity index (χ3n) is 3.47. The third-order valence-corrected chi connectivity index (χ3v) is 5.13. The zero-order valence-corrected chi connectivity index (χ0v) is 15.3. The van der Waals surface area contributed by atoms with E-state index in [0.29, 0.717) is 26.5 Å². The zero-order chi connectivity index (χ0) is 17.3. The Kier molecular flexibility index (Phi) is 4.64. The molecule has 7 heteroatoms. The molecule has 3 aromatic rings. The van der Waals surface area contributed by atoms with E-state index in [1.54, 1.807) is 13.0 Å². The van der Waals surface area contributed by atoms with Crippen molar-refractivity contribution in [2.75, 3.05) is 7.11 Å². The Morgan fingerprint density at radius 1 is 1.38 bits per heavy atom. The average Bonchev–Trinajstić information content (AvgIpc) is 2.89. The molecule has 0 aliphatic heterocycles. The Morgan fingerprint density at radius 2 is 2.17 bits per heavy atom. The first kappa shape index (κ1) is 16.6. The molecule has 2 heterocycles. The van der Waals surface area contributed by atoms with Gasteiger partial charge in [0.05, 0.1) is 12.5 Å². The van der Waals surface area contributed by atoms with Crippen LogP contribution in [0, 0.1) is 6.92 Å². The number of aromatic nitrogens is 2. The van der Waals surface area contributed by atoms with Crippen LogP contribution in [0.1, 0.15) is 26.6 Å². The summed E-state index contributed by atoms with van der Waals surface area (Å²) in [6.07, 6.45) is 3.59. The number of rotatable bonds is 3. The van der Waals surface area contributed by atoms with Crippen molar-refractivity contribution in [3.8, 4) is 0 Å². The predicted octanol–water partition coefficient (Wildman–Crippen LogP) is 4.01. The Hall–Kier alpha value is -2.25. The van der Waals surface area contributed by atoms with Crippen molar-refractivity contribution < 1.29 is 9.53 Å². The molecule has 5 nitrogen and oxygen atoms in total. The van der Waals surface area contributed by atoms with Crippen LogP contribution in [0.15, 0.2) is 33.5 Å². The molecule has 2 aromatic heterocycles. The Balaban J connectivity index is 2.05. The Morgan fingerprint density at radius 3 is 2.88 bits per heavy atom. The first-order valence-corrected chi connectivity index (χ1v) is 8.66. The summed E-state index contributed by atoms with van der Waals surface area (Å²) in [5.74, 6) is -0.0220. The number of thiophene rings is 1. The van der Waals surface area contributed by atoms with Crippen LogP contribution in [-0.4, -0.2) is 23.0 Å². The highest BCUT2D eigenvalue weighted by Crippen LogP contribution is 2.27. The first-order valence-electron chi connectivity index (χ1n) is 7.05. The number of hydrogen-bond acceptors (Lipinski definition) is 5. The van der Waals surface area contributed by atoms with Gasteiger partial charge >= 0.3 is 5.97 Å². The standard InChI is InChI=1S/C17H13BrN2O3S/c1-9-13-15(21)19-12(7-6-10-4-3-5-11(18)8-10)20-16(13)24-14(9)17(22)23-2/h3-8H,1-2H3,(H,19,20,21)/b7-6+. The molecular formula is C17H13BrN2O3S. The van der Waals surface area contributed by atoms with E-state index in [0.717, 1.165) is 21.4 Å². The lowest BCUT2D eigenvalue weighted by Gasteiger charge is -1.97. The number of benzene rings is 1. The van der Waals surface area contributed by atoms with Gasteiger partial charge in [-0.2, -0.15) is 0 Å². The third kappa shape index (κ3) is 3.18. The molecule has 0 saturated carbocycles. The van der Waals surface area contributed by atoms with Gasteiger partial charge in [0.25, 0.3) is 5.56 Å². The molecule has 24 heavy (non-hydrogen) atoms. The molecule has 3 rings (SSSR count). The number of halogens is 1. The van der Waals surface area contributed by atoms with Crippen LogP contribution in [0.25, 0.3) is 22.4 Å². The van der Waals surface area contributed by atoms with Gasteiger partial charge in [-0.05, 0) is 36.3 Å². The van der Waals surface area contributed by atoms with Crippen LogP contribution in [0.5, 0.6) is 0 Å². The van der Waals surface area contributed by atoms with Gasteiger partial charge in [0.2, 0.25) is 0 Å². The van der Waals surface area contributed by atoms with Crippen molar-refractivity contribution in [1.82, 2.24) is 9.97 Å². The van der Waals surface area contributed by atoms with Crippen LogP contribution < -0.4 is 5.56 Å². The van der Waals surface area contributed by atoms with E-state index < -0.39 is 5.97 Å². The van der Waals surface area contributed by atoms with Gasteiger partial charge in [-0.25, -0.2) is 9.78 Å². The van der Waals surface area contributed by atoms with Crippen LogP contribution in [0.3, 0.4) is 0 Å². The number of H-pyrrole nitrogens is 1. The maximum atomic E-state index is 12.3. The summed E-state index contributed by atoms with van der Waals surface area (Å²) < 4.78 is 5.72. The molecule has 0 aliphatic rings. The maximum Gasteiger partial charge on any atom is 0.348 e. The second-order valence-electron chi connectivity index (χ2n) is 5.07. The Labute approximate surface area is 150 Å². The zero-order valence-electron chi connectivity index (χ0n) is 12.9. The summed E-state index contributed by atoms with van der Waals surface area (Å²) in [4.78, 5) is 32.2. The summed E-state index contributed by atoms with van der Waals surface area (Å²) in [7, 11) is 1.32. The summed E-state index contributed by atoms with van der Waals surface area (Å²) in [5, 5.41) is 0.431. The van der Waals surface area contributed by atoms with Crippen LogP contribution in [0.2, 0.25) is 0 Å². The lowest BCUT2D eigenvalue weighted by molar-refractivity contribution is 0.0605. The molecule has 0 unspecified atom stereocenters. The number of hydrogen-bond donors (Lipinski definition) is 1. The molecule has 1 aromatic carbocycles. The number of ether oxygens (including phenoxy) is 1. The van der Waals surface area contributed by atoms with Crippen molar-refractivity contribution >= 4 is 55.6 Å². The second kappa shape index (κ2) is 6.70. The SMILES string of the molecule is COC(=O)c1sc2nc(/C=C/c3cccc(Br)c3)[nH]c(=O)c2c1C. The highest BCUT2D eigenvalue weighted by atomic mass is 79.9. The highest BCUT2D eigenvalue weighted by molar-refractivity contribution is 9.10. The van der Waals surface area contributed by atoms with Gasteiger partial charge < -0.3 is 9.72 Å². The lowest BCUT2D eigenvalue weighted by atomic mass is 10.2. The van der Waals surface area contributed by atoms with E-state index >= 15 is 0 Å². The lowest BCUT2D eigenvalue weighted by Crippen LogP contribution is -2.09. The van der Waals surface area contributed by atoms with Crippen molar-refractivity contribution in [3.63, 3.8) is 0 Å². The number of fused-ring (bicyclic) bond motifs is 1. The number of aromatic amines is 1. The molecule has 0 saturated heterocycles. The minimum Gasteiger partial charge on any atom is -0.465 e. The summed E-state index contributed by atoms with van der Waals surface area (Å²) in [6, 6.07) is 7.76. The number of carbonyl (C=O) groups is 1. The van der Waals surface area contributed by atoms with Gasteiger partial charge in [-0.1, -0.05) is 34.1 Å². The van der Waals surface area contributed by atoms with Crippen LogP contribution in [-0.2, 0) is 4.74 Å². The van der Waals surface area contributed by atoms with E-state index in [-0.39, 0.29) is 5.56 Å². The molecule has 0 amide bonds. The molecule has 0 aliphatic carbocycles. The fraction of sp³-hybridized carbons (Fsp3) is 0.118. The first-order chi connectivity index (χ1) is 11.5. The van der Waals surface area contributed by atoms with Crippen LogP contribution >= 0.6 is 27.3 Å². The number of esters is 1. The van der Waals surface area contributed by atoms with E-state index in [1.807, 2.05) is 30.3 Å². The van der Waals surface area contributed by atoms with Gasteiger partial charge in [-0.15, -0.1) is 11.3 Å². The molecule has 0 bridgehead atoms. The molecule has 0 atom stereocenters. The van der Waals surface area contributed by atoms with E-state index in [4.69, 9.17) is 4.74 Å². The van der Waals surface area contributed by atoms with Gasteiger partial charge in [0, 0.05) is 4.47 Å². The number of methoxy groups -OCH3 is 1. The van der Waals surface area contributed by atoms with Crippen LogP contribution in [0.4, 0.5) is 0 Å². The number of nitrogens with one attached hydrogen (secondary N) is 1. The van der Waals surface area contributed by atoms with E-state index in [1.165, 1.54) is 7.11 Å².